The van der Waals surface area contributed by atoms with Crippen molar-refractivity contribution in [1.29, 1.82) is 0 Å². The molecule has 2 rings (SSSR count). The second kappa shape index (κ2) is 5.45. The average Bonchev–Trinajstić information content (AvgIpc) is 2.41. The zero-order valence-electron chi connectivity index (χ0n) is 11.1. The van der Waals surface area contributed by atoms with Gasteiger partial charge in [-0.2, -0.15) is 0 Å². The van der Waals surface area contributed by atoms with E-state index in [0.29, 0.717) is 0 Å². The number of benzene rings is 2. The van der Waals surface area contributed by atoms with Gasteiger partial charge < -0.3 is 10.2 Å². The molecule has 0 aromatic heterocycles. The van der Waals surface area contributed by atoms with Gasteiger partial charge in [0, 0.05) is 0 Å². The monoisotopic (exact) mass is 307 g/mol. The SMILES string of the molecule is Cc1ccc(S(=O)(=O)Nc2cccc(C(=O)O)c2O)cc1. The maximum absolute atomic E-state index is 12.2. The van der Waals surface area contributed by atoms with Crippen LogP contribution in [0.2, 0.25) is 0 Å². The van der Waals surface area contributed by atoms with Gasteiger partial charge in [-0.15, -0.1) is 0 Å². The van der Waals surface area contributed by atoms with Gasteiger partial charge in [-0.3, -0.25) is 4.72 Å². The Morgan fingerprint density at radius 3 is 2.29 bits per heavy atom. The van der Waals surface area contributed by atoms with Crippen LogP contribution >= 0.6 is 0 Å². The summed E-state index contributed by atoms with van der Waals surface area (Å²) < 4.78 is 26.5. The summed E-state index contributed by atoms with van der Waals surface area (Å²) in [7, 11) is -3.90. The molecule has 6 nitrogen and oxygen atoms in total. The Morgan fingerprint density at radius 1 is 1.10 bits per heavy atom. The Morgan fingerprint density at radius 2 is 1.71 bits per heavy atom. The van der Waals surface area contributed by atoms with E-state index in [1.54, 1.807) is 12.1 Å². The van der Waals surface area contributed by atoms with Crippen LogP contribution in [0.1, 0.15) is 15.9 Å². The number of carboxylic acid groups (broad SMARTS) is 1. The lowest BCUT2D eigenvalue weighted by atomic mass is 10.2. The van der Waals surface area contributed by atoms with E-state index in [9.17, 15) is 18.3 Å². The molecule has 0 spiro atoms. The maximum Gasteiger partial charge on any atom is 0.339 e. The summed E-state index contributed by atoms with van der Waals surface area (Å²) in [4.78, 5) is 10.9. The minimum atomic E-state index is -3.90. The van der Waals surface area contributed by atoms with Crippen molar-refractivity contribution in [3.05, 3.63) is 53.6 Å². The molecular weight excluding hydrogens is 294 g/mol. The van der Waals surface area contributed by atoms with E-state index in [-0.39, 0.29) is 16.1 Å². The second-order valence-electron chi connectivity index (χ2n) is 4.43. The van der Waals surface area contributed by atoms with E-state index in [4.69, 9.17) is 5.11 Å². The van der Waals surface area contributed by atoms with E-state index in [1.807, 2.05) is 6.92 Å². The van der Waals surface area contributed by atoms with E-state index >= 15 is 0 Å². The fraction of sp³-hybridized carbons (Fsp3) is 0.0714. The largest absolute Gasteiger partial charge is 0.505 e. The molecule has 3 N–H and O–H groups in total. The van der Waals surface area contributed by atoms with Crippen molar-refractivity contribution in [1.82, 2.24) is 0 Å². The summed E-state index contributed by atoms with van der Waals surface area (Å²) in [6.45, 7) is 1.83. The number of para-hydroxylation sites is 1. The quantitative estimate of drug-likeness (QED) is 0.751. The highest BCUT2D eigenvalue weighted by atomic mass is 32.2. The van der Waals surface area contributed by atoms with Gasteiger partial charge in [-0.05, 0) is 31.2 Å². The Balaban J connectivity index is 2.39. The predicted molar refractivity (Wildman–Crippen MR) is 77.1 cm³/mol. The third-order valence-electron chi connectivity index (χ3n) is 2.84. The van der Waals surface area contributed by atoms with Crippen LogP contribution in [0.25, 0.3) is 0 Å². The van der Waals surface area contributed by atoms with E-state index in [1.165, 1.54) is 30.3 Å². The van der Waals surface area contributed by atoms with Crippen LogP contribution in [0, 0.1) is 6.92 Å². The van der Waals surface area contributed by atoms with Crippen molar-refractivity contribution in [2.75, 3.05) is 4.72 Å². The number of aromatic hydroxyl groups is 1. The molecule has 0 aliphatic carbocycles. The van der Waals surface area contributed by atoms with Crippen LogP contribution in [0.5, 0.6) is 5.75 Å². The summed E-state index contributed by atoms with van der Waals surface area (Å²) in [6.07, 6.45) is 0. The molecule has 0 amide bonds. The normalized spacial score (nSPS) is 11.1. The summed E-state index contributed by atoms with van der Waals surface area (Å²) >= 11 is 0. The minimum absolute atomic E-state index is 0.0215. The van der Waals surface area contributed by atoms with Gasteiger partial charge in [-0.25, -0.2) is 13.2 Å². The zero-order valence-corrected chi connectivity index (χ0v) is 11.9. The number of anilines is 1. The number of hydrogen-bond donors (Lipinski definition) is 3. The number of rotatable bonds is 4. The van der Waals surface area contributed by atoms with Crippen LogP contribution < -0.4 is 4.72 Å². The van der Waals surface area contributed by atoms with Crippen LogP contribution in [0.4, 0.5) is 5.69 Å². The predicted octanol–water partition coefficient (Wildman–Crippen LogP) is 2.20. The van der Waals surface area contributed by atoms with E-state index in [2.05, 4.69) is 4.72 Å². The first kappa shape index (κ1) is 14.9. The molecular formula is C14H13NO5S. The molecule has 0 unspecified atom stereocenters. The topological polar surface area (TPSA) is 104 Å². The third kappa shape index (κ3) is 3.14. The summed E-state index contributed by atoms with van der Waals surface area (Å²) in [5.41, 5.74) is 0.347. The third-order valence-corrected chi connectivity index (χ3v) is 4.22. The van der Waals surface area contributed by atoms with Gasteiger partial charge in [0.1, 0.15) is 5.56 Å². The fourth-order valence-electron chi connectivity index (χ4n) is 1.72. The Kier molecular flexibility index (Phi) is 3.86. The molecule has 7 heteroatoms. The molecule has 0 heterocycles. The molecule has 110 valence electrons. The van der Waals surface area contributed by atoms with Crippen LogP contribution in [0.3, 0.4) is 0 Å². The van der Waals surface area contributed by atoms with E-state index < -0.39 is 21.7 Å². The second-order valence-corrected chi connectivity index (χ2v) is 6.11. The van der Waals surface area contributed by atoms with Gasteiger partial charge in [-0.1, -0.05) is 23.8 Å². The zero-order chi connectivity index (χ0) is 15.6. The fourth-order valence-corrected chi connectivity index (χ4v) is 2.79. The Bertz CT molecular complexity index is 782. The van der Waals surface area contributed by atoms with Crippen LogP contribution in [-0.2, 0) is 10.0 Å². The summed E-state index contributed by atoms with van der Waals surface area (Å²) in [5, 5.41) is 18.7. The number of hydrogen-bond acceptors (Lipinski definition) is 4. The van der Waals surface area contributed by atoms with E-state index in [0.717, 1.165) is 5.56 Å². The van der Waals surface area contributed by atoms with Gasteiger partial charge in [0.05, 0.1) is 10.6 Å². The van der Waals surface area contributed by atoms with Crippen LogP contribution in [0.15, 0.2) is 47.4 Å². The number of carbonyl (C=O) groups is 1. The summed E-state index contributed by atoms with van der Waals surface area (Å²) in [6, 6.07) is 9.95. The average molecular weight is 307 g/mol. The number of sulfonamides is 1. The smallest absolute Gasteiger partial charge is 0.339 e. The number of nitrogens with one attached hydrogen (secondary N) is 1. The van der Waals surface area contributed by atoms with Crippen molar-refractivity contribution >= 4 is 21.7 Å². The van der Waals surface area contributed by atoms with Crippen molar-refractivity contribution in [2.45, 2.75) is 11.8 Å². The molecule has 0 fully saturated rings. The first-order chi connectivity index (χ1) is 9.81. The lowest BCUT2D eigenvalue weighted by Crippen LogP contribution is -2.13. The van der Waals surface area contributed by atoms with Gasteiger partial charge >= 0.3 is 5.97 Å². The summed E-state index contributed by atoms with van der Waals surface area (Å²) in [5.74, 6) is -1.97. The van der Waals surface area contributed by atoms with Gasteiger partial charge in [0.2, 0.25) is 0 Å². The highest BCUT2D eigenvalue weighted by molar-refractivity contribution is 7.92. The van der Waals surface area contributed by atoms with Crippen molar-refractivity contribution < 1.29 is 23.4 Å². The molecule has 2 aromatic carbocycles. The number of carboxylic acids is 1. The van der Waals surface area contributed by atoms with Crippen molar-refractivity contribution in [3.63, 3.8) is 0 Å². The molecule has 0 saturated heterocycles. The lowest BCUT2D eigenvalue weighted by Gasteiger charge is -2.11. The molecule has 2 aromatic rings. The number of aryl methyl sites for hydroxylation is 1. The lowest BCUT2D eigenvalue weighted by molar-refractivity contribution is 0.0694. The molecule has 0 aliphatic heterocycles. The van der Waals surface area contributed by atoms with Gasteiger partial charge in [0.15, 0.2) is 5.75 Å². The number of phenols is 1. The maximum atomic E-state index is 12.2. The molecule has 21 heavy (non-hydrogen) atoms. The standard InChI is InChI=1S/C14H13NO5S/c1-9-5-7-10(8-6-9)21(19,20)15-12-4-2-3-11(13(12)16)14(17)18/h2-8,15-16H,1H3,(H,17,18). The highest BCUT2D eigenvalue weighted by Gasteiger charge is 2.19. The first-order valence-electron chi connectivity index (χ1n) is 5.96. The van der Waals surface area contributed by atoms with Crippen molar-refractivity contribution in [3.8, 4) is 5.75 Å². The molecule has 0 aliphatic rings. The molecule has 0 atom stereocenters. The Labute approximate surface area is 121 Å². The minimum Gasteiger partial charge on any atom is -0.505 e. The molecule has 0 radical (unpaired) electrons. The first-order valence-corrected chi connectivity index (χ1v) is 7.44. The van der Waals surface area contributed by atoms with Crippen LogP contribution in [-0.4, -0.2) is 24.6 Å². The molecule has 0 bridgehead atoms. The van der Waals surface area contributed by atoms with Crippen molar-refractivity contribution in [2.24, 2.45) is 0 Å². The Hall–Kier alpha value is -2.54. The highest BCUT2D eigenvalue weighted by Crippen LogP contribution is 2.29. The number of aromatic carboxylic acids is 1. The van der Waals surface area contributed by atoms with Gasteiger partial charge in [0.25, 0.3) is 10.0 Å². The molecule has 0 saturated carbocycles.